The topological polar surface area (TPSA) is 22.8 Å². The molecule has 0 saturated carbocycles. The molecule has 3 heteroatoms. The normalized spacial score (nSPS) is 11.8. The zero-order chi connectivity index (χ0) is 28.2. The largest absolute Gasteiger partial charge is 0.309 e. The molecule has 0 saturated heterocycles. The van der Waals surface area contributed by atoms with E-state index in [4.69, 9.17) is 4.98 Å². The molecule has 0 spiro atoms. The second-order valence-corrected chi connectivity index (χ2v) is 10.9. The van der Waals surface area contributed by atoms with Crippen LogP contribution < -0.4 is 0 Å². The lowest BCUT2D eigenvalue weighted by Crippen LogP contribution is -2.06. The number of nitrogens with zero attached hydrogens (tertiary/aromatic N) is 3. The Morgan fingerprint density at radius 1 is 0.524 bits per heavy atom. The molecule has 0 aliphatic rings. The number of aromatic nitrogens is 3. The van der Waals surface area contributed by atoms with Gasteiger partial charge in [0, 0.05) is 39.0 Å². The minimum Gasteiger partial charge on any atom is -0.309 e. The Morgan fingerprint density at radius 3 is 1.52 bits per heavy atom. The van der Waals surface area contributed by atoms with Crippen LogP contribution in [0.5, 0.6) is 0 Å². The van der Waals surface area contributed by atoms with Crippen molar-refractivity contribution in [2.24, 2.45) is 0 Å². The van der Waals surface area contributed by atoms with E-state index in [0.29, 0.717) is 0 Å². The Balaban J connectivity index is 1.56. The summed E-state index contributed by atoms with van der Waals surface area (Å²) in [6.07, 6.45) is 3.75. The van der Waals surface area contributed by atoms with E-state index < -0.39 is 0 Å². The Bertz CT molecular complexity index is 2180. The molecule has 0 N–H and O–H groups in total. The van der Waals surface area contributed by atoms with Crippen molar-refractivity contribution in [3.8, 4) is 22.6 Å². The van der Waals surface area contributed by atoms with Gasteiger partial charge < -0.3 is 9.13 Å². The number of fused-ring (bicyclic) bond motifs is 6. The van der Waals surface area contributed by atoms with Gasteiger partial charge in [0.2, 0.25) is 0 Å². The first-order valence-corrected chi connectivity index (χ1v) is 14.9. The third-order valence-corrected chi connectivity index (χ3v) is 8.75. The van der Waals surface area contributed by atoms with Crippen molar-refractivity contribution in [2.45, 2.75) is 26.7 Å². The SMILES string of the molecule is CCc1cccnc1-c1cc(-n2c3ccccc3c3ccccc32)cc(-n2c3ccccc3c3ccccc32)c1CC. The zero-order valence-corrected chi connectivity index (χ0v) is 23.9. The molecule has 0 atom stereocenters. The Labute approximate surface area is 245 Å². The van der Waals surface area contributed by atoms with Gasteiger partial charge in [-0.05, 0) is 66.4 Å². The van der Waals surface area contributed by atoms with Crippen molar-refractivity contribution in [3.63, 3.8) is 0 Å². The summed E-state index contributed by atoms with van der Waals surface area (Å²) in [6.45, 7) is 4.49. The Kier molecular flexibility index (Phi) is 5.71. The monoisotopic (exact) mass is 541 g/mol. The van der Waals surface area contributed by atoms with Crippen LogP contribution in [0, 0.1) is 0 Å². The molecule has 8 rings (SSSR count). The standard InChI is InChI=1S/C39H31N3/c1-3-26-14-13-23-40-39(26)33-24-27(41-34-19-9-5-15-29(34)30-16-6-10-20-35(30)41)25-38(28(33)4-2)42-36-21-11-7-17-31(36)32-18-8-12-22-37(32)42/h5-25H,3-4H2,1-2H3. The highest BCUT2D eigenvalue weighted by Gasteiger charge is 2.21. The van der Waals surface area contributed by atoms with Crippen LogP contribution in [-0.4, -0.2) is 14.1 Å². The predicted molar refractivity (Wildman–Crippen MR) is 177 cm³/mol. The van der Waals surface area contributed by atoms with Gasteiger partial charge in [-0.3, -0.25) is 4.98 Å². The fraction of sp³-hybridized carbons (Fsp3) is 0.103. The first-order valence-electron chi connectivity index (χ1n) is 14.9. The van der Waals surface area contributed by atoms with Crippen LogP contribution in [0.2, 0.25) is 0 Å². The number of benzene rings is 5. The van der Waals surface area contributed by atoms with Gasteiger partial charge in [-0.2, -0.15) is 0 Å². The van der Waals surface area contributed by atoms with Crippen LogP contribution in [0.3, 0.4) is 0 Å². The maximum atomic E-state index is 5.00. The van der Waals surface area contributed by atoms with E-state index in [1.54, 1.807) is 0 Å². The van der Waals surface area contributed by atoms with Crippen molar-refractivity contribution in [2.75, 3.05) is 0 Å². The van der Waals surface area contributed by atoms with Crippen LogP contribution in [-0.2, 0) is 12.8 Å². The molecule has 0 radical (unpaired) electrons. The van der Waals surface area contributed by atoms with Gasteiger partial charge in [0.15, 0.2) is 0 Å². The minimum atomic E-state index is 0.888. The van der Waals surface area contributed by atoms with Gasteiger partial charge in [0.1, 0.15) is 0 Å². The number of hydrogen-bond donors (Lipinski definition) is 0. The summed E-state index contributed by atoms with van der Waals surface area (Å²) in [7, 11) is 0. The summed E-state index contributed by atoms with van der Waals surface area (Å²) in [5.74, 6) is 0. The molecule has 3 heterocycles. The molecule has 42 heavy (non-hydrogen) atoms. The van der Waals surface area contributed by atoms with Gasteiger partial charge in [-0.15, -0.1) is 0 Å². The molecule has 3 aromatic heterocycles. The second kappa shape index (κ2) is 9.74. The van der Waals surface area contributed by atoms with Gasteiger partial charge in [-0.1, -0.05) is 92.7 Å². The van der Waals surface area contributed by atoms with Crippen LogP contribution in [0.1, 0.15) is 25.0 Å². The van der Waals surface area contributed by atoms with Crippen molar-refractivity contribution in [1.82, 2.24) is 14.1 Å². The third-order valence-electron chi connectivity index (χ3n) is 8.75. The van der Waals surface area contributed by atoms with Crippen LogP contribution in [0.4, 0.5) is 0 Å². The number of aryl methyl sites for hydroxylation is 1. The molecule has 0 amide bonds. The number of pyridine rings is 1. The number of rotatable bonds is 5. The van der Waals surface area contributed by atoms with Gasteiger partial charge in [-0.25, -0.2) is 0 Å². The molecule has 8 aromatic rings. The van der Waals surface area contributed by atoms with E-state index in [1.807, 2.05) is 6.20 Å². The van der Waals surface area contributed by atoms with E-state index in [0.717, 1.165) is 24.2 Å². The first kappa shape index (κ1) is 24.6. The van der Waals surface area contributed by atoms with E-state index in [-0.39, 0.29) is 0 Å². The lowest BCUT2D eigenvalue weighted by molar-refractivity contribution is 1.04. The average molecular weight is 542 g/mol. The van der Waals surface area contributed by atoms with Crippen molar-refractivity contribution in [3.05, 3.63) is 139 Å². The highest BCUT2D eigenvalue weighted by Crippen LogP contribution is 2.40. The van der Waals surface area contributed by atoms with E-state index in [9.17, 15) is 0 Å². The van der Waals surface area contributed by atoms with Gasteiger partial charge in [0.25, 0.3) is 0 Å². The van der Waals surface area contributed by atoms with Crippen LogP contribution in [0.25, 0.3) is 66.2 Å². The average Bonchev–Trinajstić information content (AvgIpc) is 3.57. The molecule has 0 bridgehead atoms. The lowest BCUT2D eigenvalue weighted by atomic mass is 9.95. The summed E-state index contributed by atoms with van der Waals surface area (Å²) in [5, 5.41) is 5.07. The fourth-order valence-electron chi connectivity index (χ4n) is 6.90. The van der Waals surface area contributed by atoms with Crippen LogP contribution >= 0.6 is 0 Å². The van der Waals surface area contributed by atoms with Crippen molar-refractivity contribution in [1.29, 1.82) is 0 Å². The summed E-state index contributed by atoms with van der Waals surface area (Å²) < 4.78 is 4.90. The predicted octanol–water partition coefficient (Wildman–Crippen LogP) is 10.1. The fourth-order valence-corrected chi connectivity index (χ4v) is 6.90. The second-order valence-electron chi connectivity index (χ2n) is 10.9. The summed E-state index contributed by atoms with van der Waals surface area (Å²) >= 11 is 0. The molecule has 3 nitrogen and oxygen atoms in total. The first-order chi connectivity index (χ1) is 20.8. The molecule has 0 aliphatic heterocycles. The Hall–Kier alpha value is -5.15. The highest BCUT2D eigenvalue weighted by molar-refractivity contribution is 6.11. The maximum Gasteiger partial charge on any atom is 0.0738 e. The number of hydrogen-bond acceptors (Lipinski definition) is 1. The molecule has 0 aliphatic carbocycles. The lowest BCUT2D eigenvalue weighted by Gasteiger charge is -2.21. The molecule has 0 unspecified atom stereocenters. The molecule has 202 valence electrons. The smallest absolute Gasteiger partial charge is 0.0738 e. The van der Waals surface area contributed by atoms with Gasteiger partial charge >= 0.3 is 0 Å². The van der Waals surface area contributed by atoms with Crippen molar-refractivity contribution < 1.29 is 0 Å². The van der Waals surface area contributed by atoms with E-state index in [1.165, 1.54) is 66.0 Å². The quantitative estimate of drug-likeness (QED) is 0.213. The van der Waals surface area contributed by atoms with Gasteiger partial charge in [0.05, 0.1) is 33.4 Å². The maximum absolute atomic E-state index is 5.00. The minimum absolute atomic E-state index is 0.888. The molecular formula is C39H31N3. The summed E-state index contributed by atoms with van der Waals surface area (Å²) in [6, 6.07) is 44.1. The summed E-state index contributed by atoms with van der Waals surface area (Å²) in [4.78, 5) is 5.00. The number of para-hydroxylation sites is 4. The highest BCUT2D eigenvalue weighted by atomic mass is 15.0. The molecule has 0 fully saturated rings. The van der Waals surface area contributed by atoms with E-state index >= 15 is 0 Å². The molecular weight excluding hydrogens is 510 g/mol. The molecule has 5 aromatic carbocycles. The zero-order valence-electron chi connectivity index (χ0n) is 23.9. The van der Waals surface area contributed by atoms with Crippen LogP contribution in [0.15, 0.2) is 128 Å². The summed E-state index contributed by atoms with van der Waals surface area (Å²) in [5.41, 5.74) is 12.0. The van der Waals surface area contributed by atoms with E-state index in [2.05, 4.69) is 144 Å². The third kappa shape index (κ3) is 3.56. The Morgan fingerprint density at radius 2 is 1.02 bits per heavy atom. The van der Waals surface area contributed by atoms with Crippen molar-refractivity contribution >= 4 is 43.6 Å².